The van der Waals surface area contributed by atoms with Gasteiger partial charge in [-0.2, -0.15) is 0 Å². The normalized spacial score (nSPS) is 15.2. The molecule has 0 spiro atoms. The number of hydrogen-bond acceptors (Lipinski definition) is 4. The second-order valence-electron chi connectivity index (χ2n) is 5.41. The number of nitrogens with one attached hydrogen (secondary N) is 2. The number of nitrogens with zero attached hydrogens (tertiary/aromatic N) is 1. The minimum Gasteiger partial charge on any atom is -0.328 e. The molecule has 2 aromatic rings. The van der Waals surface area contributed by atoms with Crippen LogP contribution in [0.4, 0.5) is 20.6 Å². The van der Waals surface area contributed by atoms with Gasteiger partial charge in [0.05, 0.1) is 22.5 Å². The van der Waals surface area contributed by atoms with E-state index in [-0.39, 0.29) is 23.8 Å². The van der Waals surface area contributed by atoms with Crippen molar-refractivity contribution in [1.82, 2.24) is 5.32 Å². The molecule has 25 heavy (non-hydrogen) atoms. The van der Waals surface area contributed by atoms with Crippen molar-refractivity contribution >= 4 is 52.2 Å². The molecular formula is C16H13ClFN3O3S. The summed E-state index contributed by atoms with van der Waals surface area (Å²) in [5, 5.41) is 4.98. The zero-order valence-electron chi connectivity index (χ0n) is 13.0. The molecule has 0 saturated carbocycles. The highest BCUT2D eigenvalue weighted by molar-refractivity contribution is 7.16. The van der Waals surface area contributed by atoms with Crippen LogP contribution < -0.4 is 15.5 Å². The molecular weight excluding hydrogens is 369 g/mol. The number of rotatable bonds is 4. The number of hydrogen-bond donors (Lipinski definition) is 2. The lowest BCUT2D eigenvalue weighted by Gasteiger charge is -2.16. The van der Waals surface area contributed by atoms with Gasteiger partial charge >= 0.3 is 6.03 Å². The summed E-state index contributed by atoms with van der Waals surface area (Å²) in [6.07, 6.45) is 0. The number of carbonyl (C=O) groups is 3. The topological polar surface area (TPSA) is 78.5 Å². The fourth-order valence-electron chi connectivity index (χ4n) is 2.37. The predicted molar refractivity (Wildman–Crippen MR) is 93.7 cm³/mol. The van der Waals surface area contributed by atoms with E-state index in [0.29, 0.717) is 9.24 Å². The Kier molecular flexibility index (Phi) is 4.73. The number of anilines is 2. The highest BCUT2D eigenvalue weighted by atomic mass is 35.5. The van der Waals surface area contributed by atoms with Gasteiger partial charge in [-0.3, -0.25) is 9.59 Å². The third kappa shape index (κ3) is 3.49. The summed E-state index contributed by atoms with van der Waals surface area (Å²) in [6.45, 7) is 1.53. The lowest BCUT2D eigenvalue weighted by molar-refractivity contribution is -0.117. The number of urea groups is 1. The largest absolute Gasteiger partial charge is 0.329 e. The van der Waals surface area contributed by atoms with Gasteiger partial charge in [-0.25, -0.2) is 14.1 Å². The Morgan fingerprint density at radius 3 is 2.72 bits per heavy atom. The Morgan fingerprint density at radius 2 is 2.12 bits per heavy atom. The maximum atomic E-state index is 14.0. The van der Waals surface area contributed by atoms with Gasteiger partial charge in [0.15, 0.2) is 0 Å². The van der Waals surface area contributed by atoms with Crippen LogP contribution in [-0.2, 0) is 9.59 Å². The average molecular weight is 382 g/mol. The zero-order chi connectivity index (χ0) is 18.1. The van der Waals surface area contributed by atoms with E-state index in [9.17, 15) is 18.8 Å². The van der Waals surface area contributed by atoms with E-state index in [0.717, 1.165) is 10.9 Å². The van der Waals surface area contributed by atoms with Crippen molar-refractivity contribution in [3.05, 3.63) is 45.4 Å². The molecule has 130 valence electrons. The van der Waals surface area contributed by atoms with Crippen LogP contribution in [0.1, 0.15) is 17.7 Å². The number of imide groups is 1. The molecule has 1 aliphatic heterocycles. The van der Waals surface area contributed by atoms with E-state index < -0.39 is 23.7 Å². The quantitative estimate of drug-likeness (QED) is 0.797. The Balaban J connectivity index is 1.81. The average Bonchev–Trinajstić information content (AvgIpc) is 3.14. The third-order valence-corrected chi connectivity index (χ3v) is 5.13. The SMILES string of the molecule is C[C@@H](C(=O)Nc1ccc(F)c(N2C(=O)CNC2=O)c1)c1ccc(Cl)s1. The van der Waals surface area contributed by atoms with Gasteiger partial charge in [0.2, 0.25) is 5.91 Å². The van der Waals surface area contributed by atoms with Crippen LogP contribution in [0.3, 0.4) is 0 Å². The van der Waals surface area contributed by atoms with Crippen molar-refractivity contribution in [3.8, 4) is 0 Å². The smallest absolute Gasteiger partial charge is 0.328 e. The number of thiophene rings is 1. The summed E-state index contributed by atoms with van der Waals surface area (Å²) in [5.41, 5.74) is 0.0769. The first-order valence-electron chi connectivity index (χ1n) is 7.33. The highest BCUT2D eigenvalue weighted by Crippen LogP contribution is 2.30. The molecule has 0 bridgehead atoms. The van der Waals surface area contributed by atoms with Gasteiger partial charge in [0.1, 0.15) is 5.82 Å². The summed E-state index contributed by atoms with van der Waals surface area (Å²) < 4.78 is 14.6. The Hall–Kier alpha value is -2.45. The number of carbonyl (C=O) groups excluding carboxylic acids is 3. The first-order chi connectivity index (χ1) is 11.9. The molecule has 1 saturated heterocycles. The molecule has 3 rings (SSSR count). The second-order valence-corrected chi connectivity index (χ2v) is 7.15. The van der Waals surface area contributed by atoms with Crippen LogP contribution in [-0.4, -0.2) is 24.4 Å². The van der Waals surface area contributed by atoms with Crippen molar-refractivity contribution in [3.63, 3.8) is 0 Å². The number of halogens is 2. The molecule has 1 aromatic carbocycles. The summed E-state index contributed by atoms with van der Waals surface area (Å²) >= 11 is 7.18. The van der Waals surface area contributed by atoms with Crippen molar-refractivity contribution in [1.29, 1.82) is 0 Å². The van der Waals surface area contributed by atoms with Gasteiger partial charge < -0.3 is 10.6 Å². The second kappa shape index (κ2) is 6.81. The van der Waals surface area contributed by atoms with Gasteiger partial charge in [-0.1, -0.05) is 11.6 Å². The molecule has 1 aromatic heterocycles. The predicted octanol–water partition coefficient (Wildman–Crippen LogP) is 3.34. The fraction of sp³-hybridized carbons (Fsp3) is 0.188. The Bertz CT molecular complexity index is 854. The number of benzene rings is 1. The Morgan fingerprint density at radius 1 is 1.36 bits per heavy atom. The van der Waals surface area contributed by atoms with Crippen molar-refractivity contribution in [2.75, 3.05) is 16.8 Å². The molecule has 1 atom stereocenters. The monoisotopic (exact) mass is 381 g/mol. The minimum atomic E-state index is -0.735. The van der Waals surface area contributed by atoms with Crippen molar-refractivity contribution in [2.24, 2.45) is 0 Å². The van der Waals surface area contributed by atoms with Crippen LogP contribution >= 0.6 is 22.9 Å². The van der Waals surface area contributed by atoms with E-state index in [2.05, 4.69) is 10.6 Å². The van der Waals surface area contributed by atoms with E-state index in [1.54, 1.807) is 19.1 Å². The first-order valence-corrected chi connectivity index (χ1v) is 8.52. The molecule has 0 radical (unpaired) electrons. The zero-order valence-corrected chi connectivity index (χ0v) is 14.6. The standard InChI is InChI=1S/C16H13ClFN3O3S/c1-8(12-4-5-13(17)25-12)15(23)20-9-2-3-10(18)11(6-9)21-14(22)7-19-16(21)24/h2-6,8H,7H2,1H3,(H,19,24)(H,20,23)/t8-/m1/s1. The maximum Gasteiger partial charge on any atom is 0.329 e. The highest BCUT2D eigenvalue weighted by Gasteiger charge is 2.32. The molecule has 1 aliphatic rings. The minimum absolute atomic E-state index is 0.189. The maximum absolute atomic E-state index is 14.0. The molecule has 0 unspecified atom stereocenters. The van der Waals surface area contributed by atoms with Crippen LogP contribution in [0, 0.1) is 5.82 Å². The van der Waals surface area contributed by atoms with Crippen LogP contribution in [0.25, 0.3) is 0 Å². The third-order valence-electron chi connectivity index (χ3n) is 3.71. The lowest BCUT2D eigenvalue weighted by atomic mass is 10.1. The molecule has 9 heteroatoms. The van der Waals surface area contributed by atoms with Gasteiger partial charge in [0, 0.05) is 10.6 Å². The molecule has 1 fully saturated rings. The van der Waals surface area contributed by atoms with E-state index in [1.807, 2.05) is 0 Å². The molecule has 2 N–H and O–H groups in total. The van der Waals surface area contributed by atoms with E-state index in [1.165, 1.54) is 23.5 Å². The lowest BCUT2D eigenvalue weighted by Crippen LogP contribution is -2.31. The van der Waals surface area contributed by atoms with Crippen LogP contribution in [0.5, 0.6) is 0 Å². The van der Waals surface area contributed by atoms with Crippen LogP contribution in [0.2, 0.25) is 4.34 Å². The van der Waals surface area contributed by atoms with Gasteiger partial charge in [0.25, 0.3) is 5.91 Å². The molecule has 2 heterocycles. The van der Waals surface area contributed by atoms with E-state index >= 15 is 0 Å². The van der Waals surface area contributed by atoms with E-state index in [4.69, 9.17) is 11.6 Å². The molecule has 6 nitrogen and oxygen atoms in total. The van der Waals surface area contributed by atoms with Crippen molar-refractivity contribution < 1.29 is 18.8 Å². The molecule has 4 amide bonds. The Labute approximate surface area is 151 Å². The summed E-state index contributed by atoms with van der Waals surface area (Å²) in [7, 11) is 0. The summed E-state index contributed by atoms with van der Waals surface area (Å²) in [6, 6.07) is 6.48. The number of amides is 4. The first kappa shape index (κ1) is 17.4. The fourth-order valence-corrected chi connectivity index (χ4v) is 3.48. The molecule has 0 aliphatic carbocycles. The van der Waals surface area contributed by atoms with Crippen molar-refractivity contribution in [2.45, 2.75) is 12.8 Å². The van der Waals surface area contributed by atoms with Crippen LogP contribution in [0.15, 0.2) is 30.3 Å². The summed E-state index contributed by atoms with van der Waals surface area (Å²) in [4.78, 5) is 37.3. The van der Waals surface area contributed by atoms with Gasteiger partial charge in [-0.15, -0.1) is 11.3 Å². The van der Waals surface area contributed by atoms with Gasteiger partial charge in [-0.05, 0) is 37.3 Å². The summed E-state index contributed by atoms with van der Waals surface area (Å²) in [5.74, 6) is -2.06.